The highest BCUT2D eigenvalue weighted by Crippen LogP contribution is 2.39. The van der Waals surface area contributed by atoms with Crippen molar-refractivity contribution in [1.29, 1.82) is 0 Å². The van der Waals surface area contributed by atoms with Crippen LogP contribution in [0.2, 0.25) is 0 Å². The minimum Gasteiger partial charge on any atom is -0.302 e. The number of thiazole rings is 1. The number of amides is 1. The monoisotopic (exact) mass is 350 g/mol. The van der Waals surface area contributed by atoms with Gasteiger partial charge in [0, 0.05) is 12.0 Å². The van der Waals surface area contributed by atoms with Crippen LogP contribution in [0.25, 0.3) is 21.7 Å². The van der Waals surface area contributed by atoms with Crippen molar-refractivity contribution in [1.82, 2.24) is 4.98 Å². The highest BCUT2D eigenvalue weighted by Gasteiger charge is 2.19. The Kier molecular flexibility index (Phi) is 5.00. The first-order chi connectivity index (χ1) is 11.9. The fourth-order valence-electron chi connectivity index (χ4n) is 2.60. The number of rotatable bonds is 4. The lowest BCUT2D eigenvalue weighted by molar-refractivity contribution is -0.117. The van der Waals surface area contributed by atoms with Gasteiger partial charge in [0.15, 0.2) is 5.13 Å². The fourth-order valence-corrected chi connectivity index (χ4v) is 3.60. The van der Waals surface area contributed by atoms with E-state index in [1.54, 1.807) is 0 Å². The van der Waals surface area contributed by atoms with E-state index >= 15 is 0 Å². The Hall–Kier alpha value is -2.46. The van der Waals surface area contributed by atoms with Gasteiger partial charge in [0.1, 0.15) is 0 Å². The molecule has 1 N–H and O–H groups in total. The molecule has 128 valence electrons. The third kappa shape index (κ3) is 4.54. The molecule has 0 fully saturated rings. The second-order valence-corrected chi connectivity index (χ2v) is 8.21. The van der Waals surface area contributed by atoms with Gasteiger partial charge in [0.25, 0.3) is 0 Å². The van der Waals surface area contributed by atoms with E-state index in [1.807, 2.05) is 48.5 Å². The SMILES string of the molecule is CC(C)(C)CC(=O)Nc1nc(-c2ccccc2)c(-c2ccccc2)s1. The van der Waals surface area contributed by atoms with E-state index in [0.29, 0.717) is 11.6 Å². The molecule has 2 aromatic carbocycles. The van der Waals surface area contributed by atoms with Gasteiger partial charge >= 0.3 is 0 Å². The number of nitrogens with one attached hydrogen (secondary N) is 1. The van der Waals surface area contributed by atoms with Crippen LogP contribution in [0.5, 0.6) is 0 Å². The lowest BCUT2D eigenvalue weighted by Crippen LogP contribution is -2.19. The maximum absolute atomic E-state index is 12.3. The first kappa shape index (κ1) is 17.4. The highest BCUT2D eigenvalue weighted by atomic mass is 32.1. The van der Waals surface area contributed by atoms with Crippen LogP contribution in [-0.2, 0) is 4.79 Å². The normalized spacial score (nSPS) is 11.3. The van der Waals surface area contributed by atoms with Crippen LogP contribution in [0.15, 0.2) is 60.7 Å². The molecule has 25 heavy (non-hydrogen) atoms. The summed E-state index contributed by atoms with van der Waals surface area (Å²) in [7, 11) is 0. The summed E-state index contributed by atoms with van der Waals surface area (Å²) in [5, 5.41) is 3.61. The molecule has 4 heteroatoms. The number of hydrogen-bond donors (Lipinski definition) is 1. The molecule has 1 amide bonds. The molecule has 0 aliphatic carbocycles. The van der Waals surface area contributed by atoms with Crippen LogP contribution < -0.4 is 5.32 Å². The molecule has 3 nitrogen and oxygen atoms in total. The Bertz CT molecular complexity index is 792. The lowest BCUT2D eigenvalue weighted by atomic mass is 9.92. The van der Waals surface area contributed by atoms with Crippen LogP contribution in [-0.4, -0.2) is 10.9 Å². The average Bonchev–Trinajstić information content (AvgIpc) is 2.98. The van der Waals surface area contributed by atoms with Crippen molar-refractivity contribution < 1.29 is 4.79 Å². The number of nitrogens with zero attached hydrogens (tertiary/aromatic N) is 1. The Labute approximate surface area is 152 Å². The maximum Gasteiger partial charge on any atom is 0.226 e. The quantitative estimate of drug-likeness (QED) is 0.641. The Morgan fingerprint density at radius 1 is 0.960 bits per heavy atom. The minimum atomic E-state index is -0.0497. The van der Waals surface area contributed by atoms with Crippen molar-refractivity contribution >= 4 is 22.4 Å². The molecule has 0 saturated carbocycles. The summed E-state index contributed by atoms with van der Waals surface area (Å²) in [4.78, 5) is 18.1. The number of carbonyl (C=O) groups is 1. The van der Waals surface area contributed by atoms with Gasteiger partial charge in [-0.3, -0.25) is 4.79 Å². The molecule has 1 aromatic heterocycles. The van der Waals surface area contributed by atoms with Crippen molar-refractivity contribution in [2.24, 2.45) is 5.41 Å². The molecule has 1 heterocycles. The zero-order chi connectivity index (χ0) is 17.9. The van der Waals surface area contributed by atoms with E-state index in [-0.39, 0.29) is 11.3 Å². The summed E-state index contributed by atoms with van der Waals surface area (Å²) in [5.41, 5.74) is 3.01. The van der Waals surface area contributed by atoms with Crippen LogP contribution in [0.1, 0.15) is 27.2 Å². The van der Waals surface area contributed by atoms with E-state index < -0.39 is 0 Å². The van der Waals surface area contributed by atoms with Gasteiger partial charge in [-0.2, -0.15) is 0 Å². The molecule has 0 bridgehead atoms. The molecular weight excluding hydrogens is 328 g/mol. The number of benzene rings is 2. The summed E-state index contributed by atoms with van der Waals surface area (Å²) in [5.74, 6) is 0.000438. The Morgan fingerprint density at radius 3 is 2.08 bits per heavy atom. The Morgan fingerprint density at radius 2 is 1.52 bits per heavy atom. The second kappa shape index (κ2) is 7.19. The number of aromatic nitrogens is 1. The maximum atomic E-state index is 12.3. The average molecular weight is 350 g/mol. The predicted octanol–water partition coefficient (Wildman–Crippen LogP) is 5.85. The summed E-state index contributed by atoms with van der Waals surface area (Å²) in [6.45, 7) is 6.16. The van der Waals surface area contributed by atoms with E-state index in [9.17, 15) is 4.79 Å². The lowest BCUT2D eigenvalue weighted by Gasteiger charge is -2.16. The molecule has 3 rings (SSSR count). The van der Waals surface area contributed by atoms with Gasteiger partial charge in [0.2, 0.25) is 5.91 Å². The van der Waals surface area contributed by atoms with Gasteiger partial charge in [-0.05, 0) is 11.0 Å². The first-order valence-corrected chi connectivity index (χ1v) is 9.15. The van der Waals surface area contributed by atoms with Gasteiger partial charge in [-0.15, -0.1) is 0 Å². The van der Waals surface area contributed by atoms with Crippen molar-refractivity contribution in [2.45, 2.75) is 27.2 Å². The van der Waals surface area contributed by atoms with E-state index in [2.05, 4.69) is 38.2 Å². The number of anilines is 1. The molecule has 0 saturated heterocycles. The van der Waals surface area contributed by atoms with E-state index in [1.165, 1.54) is 11.3 Å². The molecule has 0 unspecified atom stereocenters. The van der Waals surface area contributed by atoms with Crippen molar-refractivity contribution in [3.05, 3.63) is 60.7 Å². The largest absolute Gasteiger partial charge is 0.302 e. The van der Waals surface area contributed by atoms with Crippen LogP contribution in [0.3, 0.4) is 0 Å². The van der Waals surface area contributed by atoms with Gasteiger partial charge in [-0.25, -0.2) is 4.98 Å². The molecule has 0 radical (unpaired) electrons. The van der Waals surface area contributed by atoms with Gasteiger partial charge in [-0.1, -0.05) is 92.8 Å². The summed E-state index contributed by atoms with van der Waals surface area (Å²) in [6, 6.07) is 20.3. The standard InChI is InChI=1S/C21H22N2OS/c1-21(2,3)14-17(24)22-20-23-18(15-10-6-4-7-11-15)19(25-20)16-12-8-5-9-13-16/h4-13H,14H2,1-3H3,(H,22,23,24). The smallest absolute Gasteiger partial charge is 0.226 e. The third-order valence-electron chi connectivity index (χ3n) is 3.65. The summed E-state index contributed by atoms with van der Waals surface area (Å²) < 4.78 is 0. The van der Waals surface area contributed by atoms with E-state index in [4.69, 9.17) is 4.98 Å². The second-order valence-electron chi connectivity index (χ2n) is 7.21. The zero-order valence-corrected chi connectivity index (χ0v) is 15.6. The predicted molar refractivity (Wildman–Crippen MR) is 106 cm³/mol. The Balaban J connectivity index is 1.97. The molecule has 0 atom stereocenters. The number of carbonyl (C=O) groups excluding carboxylic acids is 1. The van der Waals surface area contributed by atoms with Crippen LogP contribution in [0, 0.1) is 5.41 Å². The number of hydrogen-bond acceptors (Lipinski definition) is 3. The molecule has 0 aliphatic rings. The topological polar surface area (TPSA) is 42.0 Å². The van der Waals surface area contributed by atoms with Crippen LogP contribution in [0.4, 0.5) is 5.13 Å². The zero-order valence-electron chi connectivity index (χ0n) is 14.7. The van der Waals surface area contributed by atoms with Gasteiger partial charge < -0.3 is 5.32 Å². The van der Waals surface area contributed by atoms with E-state index in [0.717, 1.165) is 21.7 Å². The fraction of sp³-hybridized carbons (Fsp3) is 0.238. The summed E-state index contributed by atoms with van der Waals surface area (Å²) in [6.07, 6.45) is 0.466. The van der Waals surface area contributed by atoms with Crippen LogP contribution >= 0.6 is 11.3 Å². The summed E-state index contributed by atoms with van der Waals surface area (Å²) >= 11 is 1.52. The molecule has 0 aliphatic heterocycles. The minimum absolute atomic E-state index is 0.000438. The van der Waals surface area contributed by atoms with Crippen molar-refractivity contribution in [3.8, 4) is 21.7 Å². The molecule has 0 spiro atoms. The molecular formula is C21H22N2OS. The highest BCUT2D eigenvalue weighted by molar-refractivity contribution is 7.19. The molecule has 3 aromatic rings. The third-order valence-corrected chi connectivity index (χ3v) is 4.67. The van der Waals surface area contributed by atoms with Crippen molar-refractivity contribution in [3.63, 3.8) is 0 Å². The first-order valence-electron chi connectivity index (χ1n) is 8.34. The van der Waals surface area contributed by atoms with Gasteiger partial charge in [0.05, 0.1) is 10.6 Å². The van der Waals surface area contributed by atoms with Crippen molar-refractivity contribution in [2.75, 3.05) is 5.32 Å².